The minimum atomic E-state index is 0.423. The first-order valence-corrected chi connectivity index (χ1v) is 5.34. The van der Waals surface area contributed by atoms with E-state index in [0.717, 1.165) is 25.6 Å². The zero-order valence-corrected chi connectivity index (χ0v) is 9.69. The van der Waals surface area contributed by atoms with Crippen molar-refractivity contribution in [1.82, 2.24) is 14.8 Å². The van der Waals surface area contributed by atoms with Crippen LogP contribution in [-0.2, 0) is 6.54 Å². The summed E-state index contributed by atoms with van der Waals surface area (Å²) in [6.45, 7) is 9.61. The smallest absolute Gasteiger partial charge is 0.225 e. The van der Waals surface area contributed by atoms with E-state index in [1.165, 1.54) is 0 Å². The fraction of sp³-hybridized carbons (Fsp3) is 0.778. The lowest BCUT2D eigenvalue weighted by atomic mass is 9.85. The fourth-order valence-corrected chi connectivity index (χ4v) is 2.22. The molecule has 0 bridgehead atoms. The van der Waals surface area contributed by atoms with E-state index in [1.54, 1.807) is 0 Å². The SMILES string of the molecule is CCn1c(N2CC(C)(C)C2)n[nH]c1=S. The number of H-pyrrole nitrogens is 1. The molecule has 0 aromatic carbocycles. The lowest BCUT2D eigenvalue weighted by Crippen LogP contribution is -2.54. The molecule has 0 saturated carbocycles. The quantitative estimate of drug-likeness (QED) is 0.760. The predicted octanol–water partition coefficient (Wildman–Crippen LogP) is 1.81. The van der Waals surface area contributed by atoms with Crippen molar-refractivity contribution in [3.63, 3.8) is 0 Å². The van der Waals surface area contributed by atoms with Crippen LogP contribution >= 0.6 is 12.2 Å². The second-order valence-electron chi connectivity index (χ2n) is 4.59. The third-order valence-corrected chi connectivity index (χ3v) is 2.89. The molecule has 14 heavy (non-hydrogen) atoms. The Morgan fingerprint density at radius 1 is 1.50 bits per heavy atom. The van der Waals surface area contributed by atoms with E-state index in [4.69, 9.17) is 12.2 Å². The van der Waals surface area contributed by atoms with Crippen molar-refractivity contribution in [3.8, 4) is 0 Å². The molecule has 1 N–H and O–H groups in total. The second kappa shape index (κ2) is 3.08. The van der Waals surface area contributed by atoms with Crippen molar-refractivity contribution in [2.24, 2.45) is 5.41 Å². The summed E-state index contributed by atoms with van der Waals surface area (Å²) in [6, 6.07) is 0. The molecule has 1 fully saturated rings. The first-order chi connectivity index (χ1) is 6.53. The minimum absolute atomic E-state index is 0.423. The molecule has 1 saturated heterocycles. The van der Waals surface area contributed by atoms with Crippen LogP contribution in [0.2, 0.25) is 0 Å². The van der Waals surface area contributed by atoms with E-state index < -0.39 is 0 Å². The summed E-state index contributed by atoms with van der Waals surface area (Å²) in [5.74, 6) is 0.983. The molecule has 2 heterocycles. The van der Waals surface area contributed by atoms with Gasteiger partial charge in [-0.2, -0.15) is 0 Å². The van der Waals surface area contributed by atoms with Crippen LogP contribution in [0.15, 0.2) is 0 Å². The van der Waals surface area contributed by atoms with Crippen LogP contribution in [0.4, 0.5) is 5.95 Å². The number of nitrogens with one attached hydrogen (secondary N) is 1. The molecule has 0 radical (unpaired) electrons. The summed E-state index contributed by atoms with van der Waals surface area (Å²) in [4.78, 5) is 2.26. The molecule has 1 aromatic heterocycles. The Morgan fingerprint density at radius 3 is 2.64 bits per heavy atom. The molecule has 4 nitrogen and oxygen atoms in total. The molecule has 0 atom stereocenters. The Bertz CT molecular complexity index is 382. The Hall–Kier alpha value is -0.840. The van der Waals surface area contributed by atoms with Crippen LogP contribution < -0.4 is 4.90 Å². The van der Waals surface area contributed by atoms with Gasteiger partial charge in [-0.25, -0.2) is 5.10 Å². The molecule has 0 unspecified atom stereocenters. The standard InChI is InChI=1S/C9H16N4S/c1-4-13-7(10-11-8(13)14)12-5-9(2,3)6-12/h4-6H2,1-3H3,(H,11,14). The summed E-state index contributed by atoms with van der Waals surface area (Å²) >= 11 is 5.14. The van der Waals surface area contributed by atoms with Crippen molar-refractivity contribution in [2.75, 3.05) is 18.0 Å². The average Bonchev–Trinajstić information content (AvgIpc) is 2.42. The van der Waals surface area contributed by atoms with Crippen molar-refractivity contribution < 1.29 is 0 Å². The maximum Gasteiger partial charge on any atom is 0.225 e. The van der Waals surface area contributed by atoms with Crippen LogP contribution in [0, 0.1) is 10.2 Å². The number of aromatic amines is 1. The molecule has 2 rings (SSSR count). The topological polar surface area (TPSA) is 36.9 Å². The number of hydrogen-bond donors (Lipinski definition) is 1. The van der Waals surface area contributed by atoms with Gasteiger partial charge in [-0.3, -0.25) is 4.57 Å². The van der Waals surface area contributed by atoms with Gasteiger partial charge in [0.25, 0.3) is 0 Å². The van der Waals surface area contributed by atoms with Gasteiger partial charge in [-0.1, -0.05) is 13.8 Å². The highest BCUT2D eigenvalue weighted by Crippen LogP contribution is 2.32. The molecule has 1 aromatic rings. The molecule has 5 heteroatoms. The van der Waals surface area contributed by atoms with Crippen molar-refractivity contribution >= 4 is 18.2 Å². The van der Waals surface area contributed by atoms with Gasteiger partial charge in [-0.05, 0) is 24.6 Å². The number of hydrogen-bond acceptors (Lipinski definition) is 3. The Morgan fingerprint density at radius 2 is 2.14 bits per heavy atom. The zero-order valence-electron chi connectivity index (χ0n) is 8.87. The largest absolute Gasteiger partial charge is 0.340 e. The fourth-order valence-electron chi connectivity index (χ4n) is 1.96. The molecular formula is C9H16N4S. The minimum Gasteiger partial charge on any atom is -0.340 e. The summed E-state index contributed by atoms with van der Waals surface area (Å²) in [5.41, 5.74) is 0.423. The summed E-state index contributed by atoms with van der Waals surface area (Å²) in [7, 11) is 0. The van der Waals surface area contributed by atoms with Crippen molar-refractivity contribution in [2.45, 2.75) is 27.3 Å². The second-order valence-corrected chi connectivity index (χ2v) is 4.98. The molecule has 1 aliphatic rings. The molecule has 0 amide bonds. The normalized spacial score (nSPS) is 19.5. The summed E-state index contributed by atoms with van der Waals surface area (Å²) in [6.07, 6.45) is 0. The zero-order chi connectivity index (χ0) is 10.3. The average molecular weight is 212 g/mol. The highest BCUT2D eigenvalue weighted by atomic mass is 32.1. The van der Waals surface area contributed by atoms with Gasteiger partial charge in [-0.15, -0.1) is 5.10 Å². The van der Waals surface area contributed by atoms with Gasteiger partial charge in [0, 0.05) is 19.6 Å². The van der Waals surface area contributed by atoms with E-state index in [0.29, 0.717) is 10.2 Å². The van der Waals surface area contributed by atoms with E-state index in [-0.39, 0.29) is 0 Å². The van der Waals surface area contributed by atoms with Gasteiger partial charge in [0.05, 0.1) is 0 Å². The summed E-state index contributed by atoms with van der Waals surface area (Å²) < 4.78 is 2.75. The Kier molecular flexibility index (Phi) is 2.14. The molecular weight excluding hydrogens is 196 g/mol. The maximum absolute atomic E-state index is 5.14. The molecule has 1 aliphatic heterocycles. The van der Waals surface area contributed by atoms with Crippen LogP contribution in [0.25, 0.3) is 0 Å². The van der Waals surface area contributed by atoms with Crippen LogP contribution in [0.1, 0.15) is 20.8 Å². The number of aromatic nitrogens is 3. The molecule has 0 spiro atoms. The van der Waals surface area contributed by atoms with Crippen LogP contribution in [0.5, 0.6) is 0 Å². The lowest BCUT2D eigenvalue weighted by molar-refractivity contribution is 0.270. The van der Waals surface area contributed by atoms with Crippen molar-refractivity contribution in [1.29, 1.82) is 0 Å². The van der Waals surface area contributed by atoms with Gasteiger partial charge >= 0.3 is 0 Å². The Balaban J connectivity index is 2.22. The highest BCUT2D eigenvalue weighted by Gasteiger charge is 2.36. The molecule has 78 valence electrons. The Labute approximate surface area is 88.9 Å². The van der Waals surface area contributed by atoms with Gasteiger partial charge in [0.1, 0.15) is 0 Å². The van der Waals surface area contributed by atoms with E-state index in [2.05, 4.69) is 35.9 Å². The van der Waals surface area contributed by atoms with Gasteiger partial charge < -0.3 is 4.90 Å². The van der Waals surface area contributed by atoms with Gasteiger partial charge in [0.15, 0.2) is 4.77 Å². The van der Waals surface area contributed by atoms with Crippen LogP contribution in [0.3, 0.4) is 0 Å². The third kappa shape index (κ3) is 1.45. The summed E-state index contributed by atoms with van der Waals surface area (Å²) in [5, 5.41) is 7.08. The van der Waals surface area contributed by atoms with E-state index in [9.17, 15) is 0 Å². The lowest BCUT2D eigenvalue weighted by Gasteiger charge is -2.46. The van der Waals surface area contributed by atoms with E-state index >= 15 is 0 Å². The monoisotopic (exact) mass is 212 g/mol. The molecule has 0 aliphatic carbocycles. The first kappa shape index (κ1) is 9.71. The third-order valence-electron chi connectivity index (χ3n) is 2.57. The van der Waals surface area contributed by atoms with Crippen LogP contribution in [-0.4, -0.2) is 27.9 Å². The van der Waals surface area contributed by atoms with Gasteiger partial charge in [0.2, 0.25) is 5.95 Å². The highest BCUT2D eigenvalue weighted by molar-refractivity contribution is 7.71. The van der Waals surface area contributed by atoms with E-state index in [1.807, 2.05) is 4.57 Å². The first-order valence-electron chi connectivity index (χ1n) is 4.94. The predicted molar refractivity (Wildman–Crippen MR) is 59.1 cm³/mol. The number of anilines is 1. The number of nitrogens with zero attached hydrogens (tertiary/aromatic N) is 3. The maximum atomic E-state index is 5.14. The van der Waals surface area contributed by atoms with Crippen molar-refractivity contribution in [3.05, 3.63) is 4.77 Å². The number of rotatable bonds is 2.